The second kappa shape index (κ2) is 10.8. The number of carbonyl (C=O) groups excluding carboxylic acids is 2. The Morgan fingerprint density at radius 2 is 2.03 bits per heavy atom. The zero-order chi connectivity index (χ0) is 22.4. The molecular formula is C23H33N5O2S. The maximum absolute atomic E-state index is 12.6. The van der Waals surface area contributed by atoms with Crippen LogP contribution in [0.4, 0.5) is 0 Å². The number of benzene rings is 1. The van der Waals surface area contributed by atoms with Crippen LogP contribution in [-0.4, -0.2) is 38.4 Å². The zero-order valence-corrected chi connectivity index (χ0v) is 19.7. The van der Waals surface area contributed by atoms with Crippen molar-refractivity contribution in [2.45, 2.75) is 77.2 Å². The van der Waals surface area contributed by atoms with Gasteiger partial charge in [-0.15, -0.1) is 10.2 Å². The number of nitrogens with one attached hydrogen (secondary N) is 2. The van der Waals surface area contributed by atoms with Gasteiger partial charge in [-0.3, -0.25) is 9.59 Å². The van der Waals surface area contributed by atoms with Gasteiger partial charge in [0.2, 0.25) is 5.91 Å². The second-order valence-electron chi connectivity index (χ2n) is 8.37. The molecule has 1 aliphatic rings. The fraction of sp³-hybridized carbons (Fsp3) is 0.565. The second-order valence-corrected chi connectivity index (χ2v) is 9.32. The van der Waals surface area contributed by atoms with E-state index in [1.54, 1.807) is 6.07 Å². The largest absolute Gasteiger partial charge is 0.352 e. The Hall–Kier alpha value is -2.35. The van der Waals surface area contributed by atoms with Gasteiger partial charge in [0.1, 0.15) is 0 Å². The molecule has 1 aliphatic carbocycles. The lowest BCUT2D eigenvalue weighted by Gasteiger charge is -2.29. The first kappa shape index (κ1) is 23.3. The molecule has 8 heteroatoms. The predicted octanol–water partition coefficient (Wildman–Crippen LogP) is 3.88. The lowest BCUT2D eigenvalue weighted by Crippen LogP contribution is -2.41. The molecule has 1 aromatic carbocycles. The molecule has 2 amide bonds. The van der Waals surface area contributed by atoms with Crippen LogP contribution in [0.1, 0.15) is 74.2 Å². The number of thioether (sulfide) groups is 1. The van der Waals surface area contributed by atoms with Crippen molar-refractivity contribution in [3.05, 3.63) is 41.2 Å². The predicted molar refractivity (Wildman–Crippen MR) is 123 cm³/mol. The maximum atomic E-state index is 12.6. The highest BCUT2D eigenvalue weighted by Crippen LogP contribution is 2.25. The normalized spacial score (nSPS) is 19.6. The number of hydrogen-bond donors (Lipinski definition) is 2. The minimum absolute atomic E-state index is 0.0387. The quantitative estimate of drug-likeness (QED) is 0.605. The molecule has 1 fully saturated rings. The first-order valence-corrected chi connectivity index (χ1v) is 12.1. The van der Waals surface area contributed by atoms with Crippen LogP contribution in [0, 0.1) is 12.8 Å². The van der Waals surface area contributed by atoms with Crippen molar-refractivity contribution in [1.29, 1.82) is 0 Å². The summed E-state index contributed by atoms with van der Waals surface area (Å²) in [6.45, 7) is 8.74. The number of aromatic nitrogens is 3. The van der Waals surface area contributed by atoms with Crippen LogP contribution >= 0.6 is 11.8 Å². The van der Waals surface area contributed by atoms with Crippen molar-refractivity contribution in [2.24, 2.45) is 5.92 Å². The summed E-state index contributed by atoms with van der Waals surface area (Å²) >= 11 is 1.39. The summed E-state index contributed by atoms with van der Waals surface area (Å²) < 4.78 is 1.96. The molecule has 0 saturated heterocycles. The van der Waals surface area contributed by atoms with Crippen LogP contribution in [0.3, 0.4) is 0 Å². The van der Waals surface area contributed by atoms with Gasteiger partial charge >= 0.3 is 0 Å². The molecule has 0 spiro atoms. The van der Waals surface area contributed by atoms with Gasteiger partial charge in [0.05, 0.1) is 11.8 Å². The summed E-state index contributed by atoms with van der Waals surface area (Å²) in [5.41, 5.74) is 1.66. The van der Waals surface area contributed by atoms with Gasteiger partial charge in [0.15, 0.2) is 11.0 Å². The van der Waals surface area contributed by atoms with E-state index >= 15 is 0 Å². The number of carbonyl (C=O) groups is 2. The van der Waals surface area contributed by atoms with E-state index in [2.05, 4.69) is 27.8 Å². The molecular weight excluding hydrogens is 410 g/mol. The van der Waals surface area contributed by atoms with E-state index in [-0.39, 0.29) is 23.9 Å². The van der Waals surface area contributed by atoms with E-state index in [0.717, 1.165) is 12.0 Å². The van der Waals surface area contributed by atoms with E-state index < -0.39 is 0 Å². The van der Waals surface area contributed by atoms with Crippen molar-refractivity contribution in [3.8, 4) is 0 Å². The number of nitrogens with zero attached hydrogens (tertiary/aromatic N) is 3. The Bertz CT molecular complexity index is 913. The van der Waals surface area contributed by atoms with Crippen LogP contribution < -0.4 is 10.6 Å². The summed E-state index contributed by atoms with van der Waals surface area (Å²) in [6, 6.07) is 7.47. The molecule has 2 N–H and O–H groups in total. The summed E-state index contributed by atoms with van der Waals surface area (Å²) in [4.78, 5) is 25.0. The molecule has 3 unspecified atom stereocenters. The highest BCUT2D eigenvalue weighted by Gasteiger charge is 2.24. The molecule has 168 valence electrons. The monoisotopic (exact) mass is 443 g/mol. The van der Waals surface area contributed by atoms with Crippen LogP contribution in [0.25, 0.3) is 0 Å². The van der Waals surface area contributed by atoms with Crippen LogP contribution in [0.5, 0.6) is 0 Å². The lowest BCUT2D eigenvalue weighted by atomic mass is 9.86. The van der Waals surface area contributed by atoms with Gasteiger partial charge in [-0.25, -0.2) is 0 Å². The fourth-order valence-electron chi connectivity index (χ4n) is 4.06. The molecule has 0 bridgehead atoms. The van der Waals surface area contributed by atoms with Gasteiger partial charge in [0, 0.05) is 18.2 Å². The van der Waals surface area contributed by atoms with Crippen LogP contribution in [0.2, 0.25) is 0 Å². The molecule has 2 aromatic rings. The number of rotatable bonds is 8. The van der Waals surface area contributed by atoms with Gasteiger partial charge in [-0.05, 0) is 51.7 Å². The van der Waals surface area contributed by atoms with Crippen LogP contribution in [0.15, 0.2) is 29.4 Å². The first-order chi connectivity index (χ1) is 14.9. The third-order valence-electron chi connectivity index (χ3n) is 5.87. The van der Waals surface area contributed by atoms with Gasteiger partial charge in [-0.2, -0.15) is 0 Å². The Balaban J connectivity index is 1.59. The summed E-state index contributed by atoms with van der Waals surface area (Å²) in [7, 11) is 0. The number of hydrogen-bond acceptors (Lipinski definition) is 5. The molecule has 1 aromatic heterocycles. The van der Waals surface area contributed by atoms with E-state index in [0.29, 0.717) is 34.8 Å². The number of aryl methyl sites for hydroxylation is 1. The van der Waals surface area contributed by atoms with E-state index in [4.69, 9.17) is 0 Å². The van der Waals surface area contributed by atoms with E-state index in [9.17, 15) is 9.59 Å². The Labute approximate surface area is 188 Å². The number of amides is 2. The molecule has 0 radical (unpaired) electrons. The average molecular weight is 444 g/mol. The molecule has 3 atom stereocenters. The van der Waals surface area contributed by atoms with Gasteiger partial charge in [0.25, 0.3) is 5.91 Å². The zero-order valence-electron chi connectivity index (χ0n) is 18.9. The lowest BCUT2D eigenvalue weighted by molar-refractivity contribution is -0.119. The molecule has 3 rings (SSSR count). The minimum atomic E-state index is -0.299. The average Bonchev–Trinajstić information content (AvgIpc) is 3.17. The van der Waals surface area contributed by atoms with Crippen molar-refractivity contribution in [2.75, 3.05) is 5.75 Å². The SMILES string of the molecule is CCn1c(SCC(=O)NC2CCCCC2C)nnc1C(C)NC(=O)c1cccc(C)c1. The Morgan fingerprint density at radius 1 is 1.26 bits per heavy atom. The standard InChI is InChI=1S/C23H33N5O2S/c1-5-28-21(17(4)24-22(30)18-11-8-9-15(2)13-18)26-27-23(28)31-14-20(29)25-19-12-7-6-10-16(19)3/h8-9,11,13,16-17,19H,5-7,10,12,14H2,1-4H3,(H,24,30)(H,25,29). The van der Waals surface area contributed by atoms with E-state index in [1.165, 1.54) is 31.0 Å². The van der Waals surface area contributed by atoms with Crippen molar-refractivity contribution < 1.29 is 9.59 Å². The fourth-order valence-corrected chi connectivity index (χ4v) is 4.88. The summed E-state index contributed by atoms with van der Waals surface area (Å²) in [5.74, 6) is 1.43. The van der Waals surface area contributed by atoms with Crippen molar-refractivity contribution in [3.63, 3.8) is 0 Å². The Morgan fingerprint density at radius 3 is 2.74 bits per heavy atom. The maximum Gasteiger partial charge on any atom is 0.251 e. The third-order valence-corrected chi connectivity index (χ3v) is 6.83. The molecule has 1 saturated carbocycles. The first-order valence-electron chi connectivity index (χ1n) is 11.1. The van der Waals surface area contributed by atoms with E-state index in [1.807, 2.05) is 43.5 Å². The smallest absolute Gasteiger partial charge is 0.251 e. The molecule has 31 heavy (non-hydrogen) atoms. The molecule has 7 nitrogen and oxygen atoms in total. The topological polar surface area (TPSA) is 88.9 Å². The molecule has 1 heterocycles. The molecule has 0 aliphatic heterocycles. The minimum Gasteiger partial charge on any atom is -0.352 e. The summed E-state index contributed by atoms with van der Waals surface area (Å²) in [5, 5.41) is 15.5. The highest BCUT2D eigenvalue weighted by atomic mass is 32.2. The van der Waals surface area contributed by atoms with Gasteiger partial charge < -0.3 is 15.2 Å². The van der Waals surface area contributed by atoms with Crippen LogP contribution in [-0.2, 0) is 11.3 Å². The Kier molecular flexibility index (Phi) is 8.12. The third kappa shape index (κ3) is 6.09. The summed E-state index contributed by atoms with van der Waals surface area (Å²) in [6.07, 6.45) is 4.67. The van der Waals surface area contributed by atoms with Crippen molar-refractivity contribution >= 4 is 23.6 Å². The highest BCUT2D eigenvalue weighted by molar-refractivity contribution is 7.99. The van der Waals surface area contributed by atoms with Gasteiger partial charge in [-0.1, -0.05) is 49.2 Å². The van der Waals surface area contributed by atoms with Crippen molar-refractivity contribution in [1.82, 2.24) is 25.4 Å².